The molecule has 158 valence electrons. The van der Waals surface area contributed by atoms with E-state index < -0.39 is 29.6 Å². The maximum Gasteiger partial charge on any atom is 0.320 e. The summed E-state index contributed by atoms with van der Waals surface area (Å²) in [6.45, 7) is 0.155. The SMILES string of the molecule is NC(=O)N(c1ccc(Oc2cccc(Cl)c2)cn1)[C@@H]1[C@@H]2COc3c(F)ccc(F)c3[C@@H]21. The molecule has 5 rings (SSSR count). The molecule has 1 aromatic heterocycles. The summed E-state index contributed by atoms with van der Waals surface area (Å²) in [6, 6.07) is 11.0. The molecule has 2 heterocycles. The van der Waals surface area contributed by atoms with E-state index in [-0.39, 0.29) is 29.7 Å². The summed E-state index contributed by atoms with van der Waals surface area (Å²) in [5, 5.41) is 0.532. The molecule has 9 heteroatoms. The molecule has 0 spiro atoms. The number of benzene rings is 2. The van der Waals surface area contributed by atoms with E-state index in [9.17, 15) is 13.6 Å². The van der Waals surface area contributed by atoms with Crippen LogP contribution in [0.15, 0.2) is 54.7 Å². The second-order valence-electron chi connectivity index (χ2n) is 7.38. The molecule has 1 aliphatic heterocycles. The number of amides is 2. The third kappa shape index (κ3) is 3.42. The van der Waals surface area contributed by atoms with Gasteiger partial charge < -0.3 is 15.2 Å². The Hall–Kier alpha value is -3.39. The van der Waals surface area contributed by atoms with Gasteiger partial charge in [0.2, 0.25) is 0 Å². The summed E-state index contributed by atoms with van der Waals surface area (Å²) in [6.07, 6.45) is 1.45. The number of primary amides is 1. The Morgan fingerprint density at radius 2 is 1.97 bits per heavy atom. The molecule has 1 saturated carbocycles. The van der Waals surface area contributed by atoms with Crippen molar-refractivity contribution < 1.29 is 23.0 Å². The van der Waals surface area contributed by atoms with Gasteiger partial charge in [-0.1, -0.05) is 17.7 Å². The number of rotatable bonds is 4. The lowest BCUT2D eigenvalue weighted by molar-refractivity contribution is 0.250. The molecule has 1 fully saturated rings. The van der Waals surface area contributed by atoms with Gasteiger partial charge >= 0.3 is 6.03 Å². The number of aromatic nitrogens is 1. The van der Waals surface area contributed by atoms with E-state index in [2.05, 4.69) is 4.98 Å². The first-order valence-electron chi connectivity index (χ1n) is 9.53. The summed E-state index contributed by atoms with van der Waals surface area (Å²) in [5.41, 5.74) is 5.76. The highest BCUT2D eigenvalue weighted by Gasteiger charge is 2.60. The molecule has 3 aromatic rings. The first-order valence-corrected chi connectivity index (χ1v) is 9.90. The third-order valence-corrected chi connectivity index (χ3v) is 5.75. The van der Waals surface area contributed by atoms with Gasteiger partial charge in [-0.15, -0.1) is 0 Å². The first kappa shape index (κ1) is 19.6. The fourth-order valence-electron chi connectivity index (χ4n) is 4.14. The third-order valence-electron chi connectivity index (χ3n) is 5.51. The summed E-state index contributed by atoms with van der Waals surface area (Å²) in [7, 11) is 0. The summed E-state index contributed by atoms with van der Waals surface area (Å²) in [5.74, 6) is -0.687. The molecule has 0 bridgehead atoms. The zero-order valence-corrected chi connectivity index (χ0v) is 16.7. The number of fused-ring (bicyclic) bond motifs is 3. The van der Waals surface area contributed by atoms with E-state index in [4.69, 9.17) is 26.8 Å². The number of halogens is 3. The number of hydrogen-bond acceptors (Lipinski definition) is 4. The Bertz CT molecular complexity index is 1180. The number of carbonyl (C=O) groups excluding carboxylic acids is 1. The highest BCUT2D eigenvalue weighted by molar-refractivity contribution is 6.30. The van der Waals surface area contributed by atoms with Crippen molar-refractivity contribution in [2.24, 2.45) is 11.7 Å². The molecule has 6 nitrogen and oxygen atoms in total. The van der Waals surface area contributed by atoms with Gasteiger partial charge in [0.15, 0.2) is 11.6 Å². The van der Waals surface area contributed by atoms with Gasteiger partial charge in [-0.25, -0.2) is 18.6 Å². The van der Waals surface area contributed by atoms with Crippen molar-refractivity contribution in [3.05, 3.63) is 76.9 Å². The van der Waals surface area contributed by atoms with Crippen LogP contribution in [0.4, 0.5) is 19.4 Å². The van der Waals surface area contributed by atoms with E-state index >= 15 is 0 Å². The highest BCUT2D eigenvalue weighted by Crippen LogP contribution is 2.58. The second-order valence-corrected chi connectivity index (χ2v) is 7.82. The van der Waals surface area contributed by atoms with Crippen molar-refractivity contribution in [3.8, 4) is 17.2 Å². The minimum atomic E-state index is -0.742. The number of carbonyl (C=O) groups is 1. The van der Waals surface area contributed by atoms with Crippen molar-refractivity contribution >= 4 is 23.4 Å². The molecule has 3 atom stereocenters. The van der Waals surface area contributed by atoms with Gasteiger partial charge in [0, 0.05) is 22.4 Å². The standard InChI is InChI=1S/C22H16ClF2N3O3/c23-11-2-1-3-12(8-11)31-13-4-7-17(27-9-13)28(22(26)29)20-14-10-30-21-16(25)6-5-15(24)19(21)18(14)20/h1-9,14,18,20H,10H2,(H2,26,29)/t14-,18-,20-/m1/s1. The molecule has 0 radical (unpaired) electrons. The van der Waals surface area contributed by atoms with Crippen LogP contribution in [0, 0.1) is 17.6 Å². The summed E-state index contributed by atoms with van der Waals surface area (Å²) >= 11 is 5.96. The van der Waals surface area contributed by atoms with Crippen LogP contribution in [0.2, 0.25) is 5.02 Å². The molecular weight excluding hydrogens is 428 g/mol. The molecule has 2 amide bonds. The fraction of sp³-hybridized carbons (Fsp3) is 0.182. The van der Waals surface area contributed by atoms with Crippen LogP contribution in [0.25, 0.3) is 0 Å². The molecule has 31 heavy (non-hydrogen) atoms. The van der Waals surface area contributed by atoms with Gasteiger partial charge in [-0.05, 0) is 42.5 Å². The largest absolute Gasteiger partial charge is 0.490 e. The van der Waals surface area contributed by atoms with Crippen molar-refractivity contribution in [1.29, 1.82) is 0 Å². The number of nitrogens with two attached hydrogens (primary N) is 1. The van der Waals surface area contributed by atoms with E-state index in [0.29, 0.717) is 16.5 Å². The van der Waals surface area contributed by atoms with Crippen LogP contribution < -0.4 is 20.1 Å². The summed E-state index contributed by atoms with van der Waals surface area (Å²) in [4.78, 5) is 17.8. The van der Waals surface area contributed by atoms with E-state index in [0.717, 1.165) is 12.1 Å². The minimum Gasteiger partial charge on any atom is -0.490 e. The molecule has 2 N–H and O–H groups in total. The average molecular weight is 444 g/mol. The number of ether oxygens (including phenoxy) is 2. The van der Waals surface area contributed by atoms with Crippen LogP contribution in [0.5, 0.6) is 17.2 Å². The molecule has 2 aromatic carbocycles. The van der Waals surface area contributed by atoms with E-state index in [1.165, 1.54) is 11.1 Å². The Morgan fingerprint density at radius 1 is 1.16 bits per heavy atom. The maximum absolute atomic E-state index is 14.4. The van der Waals surface area contributed by atoms with Crippen molar-refractivity contribution in [1.82, 2.24) is 4.98 Å². The highest BCUT2D eigenvalue weighted by atomic mass is 35.5. The maximum atomic E-state index is 14.4. The van der Waals surface area contributed by atoms with Crippen LogP contribution in [0.3, 0.4) is 0 Å². The average Bonchev–Trinajstić information content (AvgIpc) is 3.46. The monoisotopic (exact) mass is 443 g/mol. The fourth-order valence-corrected chi connectivity index (χ4v) is 4.32. The zero-order valence-electron chi connectivity index (χ0n) is 16.0. The number of urea groups is 1. The molecule has 2 aliphatic rings. The number of hydrogen-bond donors (Lipinski definition) is 1. The van der Waals surface area contributed by atoms with Crippen LogP contribution in [-0.4, -0.2) is 23.7 Å². The molecular formula is C22H16ClF2N3O3. The van der Waals surface area contributed by atoms with Gasteiger partial charge in [-0.3, -0.25) is 4.90 Å². The quantitative estimate of drug-likeness (QED) is 0.624. The lowest BCUT2D eigenvalue weighted by atomic mass is 10.0. The minimum absolute atomic E-state index is 0.105. The number of pyridine rings is 1. The smallest absolute Gasteiger partial charge is 0.320 e. The van der Waals surface area contributed by atoms with Gasteiger partial charge in [0.1, 0.15) is 23.1 Å². The van der Waals surface area contributed by atoms with Crippen LogP contribution >= 0.6 is 11.6 Å². The second kappa shape index (κ2) is 7.39. The predicted molar refractivity (Wildman–Crippen MR) is 110 cm³/mol. The lowest BCUT2D eigenvalue weighted by Gasteiger charge is -2.20. The van der Waals surface area contributed by atoms with Crippen molar-refractivity contribution in [3.63, 3.8) is 0 Å². The lowest BCUT2D eigenvalue weighted by Crippen LogP contribution is -2.39. The van der Waals surface area contributed by atoms with E-state index in [1.54, 1.807) is 36.4 Å². The van der Waals surface area contributed by atoms with Crippen molar-refractivity contribution in [2.45, 2.75) is 12.0 Å². The van der Waals surface area contributed by atoms with Gasteiger partial charge in [0.05, 0.1) is 18.8 Å². The molecule has 0 unspecified atom stereocenters. The van der Waals surface area contributed by atoms with Crippen molar-refractivity contribution in [2.75, 3.05) is 11.5 Å². The normalized spacial score (nSPS) is 20.8. The van der Waals surface area contributed by atoms with Gasteiger partial charge in [-0.2, -0.15) is 0 Å². The Balaban J connectivity index is 1.41. The Kier molecular flexibility index (Phi) is 4.66. The molecule has 1 aliphatic carbocycles. The number of anilines is 1. The number of nitrogens with zero attached hydrogens (tertiary/aromatic N) is 2. The van der Waals surface area contributed by atoms with Gasteiger partial charge in [0.25, 0.3) is 0 Å². The zero-order chi connectivity index (χ0) is 21.7. The predicted octanol–water partition coefficient (Wildman–Crippen LogP) is 4.87. The van der Waals surface area contributed by atoms with E-state index in [1.807, 2.05) is 0 Å². The summed E-state index contributed by atoms with van der Waals surface area (Å²) < 4.78 is 39.6. The Labute approximate surface area is 181 Å². The molecule has 0 saturated heterocycles. The first-order chi connectivity index (χ1) is 14.9. The topological polar surface area (TPSA) is 77.7 Å². The van der Waals surface area contributed by atoms with Crippen LogP contribution in [0.1, 0.15) is 11.5 Å². The Morgan fingerprint density at radius 3 is 2.68 bits per heavy atom. The van der Waals surface area contributed by atoms with Crippen LogP contribution in [-0.2, 0) is 0 Å².